The molecule has 1 amide bonds. The van der Waals surface area contributed by atoms with E-state index in [0.717, 1.165) is 37.6 Å². The summed E-state index contributed by atoms with van der Waals surface area (Å²) in [5.41, 5.74) is 1.27. The summed E-state index contributed by atoms with van der Waals surface area (Å²) in [6.07, 6.45) is 0.990. The van der Waals surface area contributed by atoms with Gasteiger partial charge in [-0.05, 0) is 18.5 Å². The van der Waals surface area contributed by atoms with Crippen molar-refractivity contribution >= 4 is 17.7 Å². The van der Waals surface area contributed by atoms with E-state index in [-0.39, 0.29) is 12.0 Å². The van der Waals surface area contributed by atoms with Crippen molar-refractivity contribution in [2.75, 3.05) is 31.1 Å². The summed E-state index contributed by atoms with van der Waals surface area (Å²) in [6.45, 7) is 2.72. The molecule has 2 aliphatic heterocycles. The van der Waals surface area contributed by atoms with Crippen LogP contribution in [0.5, 0.6) is 0 Å². The summed E-state index contributed by atoms with van der Waals surface area (Å²) in [7, 11) is 0. The van der Waals surface area contributed by atoms with E-state index in [0.29, 0.717) is 5.91 Å². The third-order valence-corrected chi connectivity index (χ3v) is 5.03. The molecule has 2 aliphatic rings. The van der Waals surface area contributed by atoms with Gasteiger partial charge in [0.05, 0.1) is 12.0 Å². The Labute approximate surface area is 118 Å². The van der Waals surface area contributed by atoms with E-state index in [1.54, 1.807) is 0 Å². The van der Waals surface area contributed by atoms with Gasteiger partial charge in [-0.15, -0.1) is 0 Å². The van der Waals surface area contributed by atoms with Crippen molar-refractivity contribution in [3.05, 3.63) is 35.9 Å². The number of hydrogen-bond acceptors (Lipinski definition) is 3. The maximum absolute atomic E-state index is 12.7. The van der Waals surface area contributed by atoms with Crippen LogP contribution in [0.3, 0.4) is 0 Å². The van der Waals surface area contributed by atoms with E-state index < -0.39 is 0 Å². The van der Waals surface area contributed by atoms with Gasteiger partial charge in [-0.2, -0.15) is 11.8 Å². The highest BCUT2D eigenvalue weighted by Gasteiger charge is 2.33. The standard InChI is InChI=1S/C15H20N2OS/c18-15(13-6-7-16-10-13)17-8-9-19-11-14(17)12-4-2-1-3-5-12/h1-5,13-14,16H,6-11H2. The van der Waals surface area contributed by atoms with Crippen molar-refractivity contribution in [3.8, 4) is 0 Å². The first kappa shape index (κ1) is 13.0. The number of nitrogens with one attached hydrogen (secondary N) is 1. The number of carbonyl (C=O) groups excluding carboxylic acids is 1. The zero-order chi connectivity index (χ0) is 13.1. The Bertz CT molecular complexity index is 431. The van der Waals surface area contributed by atoms with Crippen molar-refractivity contribution in [3.63, 3.8) is 0 Å². The van der Waals surface area contributed by atoms with Crippen LogP contribution in [0.1, 0.15) is 18.0 Å². The molecule has 1 aromatic carbocycles. The van der Waals surface area contributed by atoms with Crippen LogP contribution in [0.2, 0.25) is 0 Å². The fourth-order valence-corrected chi connectivity index (χ4v) is 4.01. The molecule has 102 valence electrons. The molecule has 3 nitrogen and oxygen atoms in total. The number of benzene rings is 1. The smallest absolute Gasteiger partial charge is 0.227 e. The van der Waals surface area contributed by atoms with Gasteiger partial charge in [0.2, 0.25) is 5.91 Å². The molecule has 0 saturated carbocycles. The molecule has 0 spiro atoms. The van der Waals surface area contributed by atoms with Crippen molar-refractivity contribution in [2.45, 2.75) is 12.5 Å². The third-order valence-electron chi connectivity index (χ3n) is 4.01. The largest absolute Gasteiger partial charge is 0.334 e. The maximum Gasteiger partial charge on any atom is 0.227 e. The van der Waals surface area contributed by atoms with E-state index in [1.165, 1.54) is 5.56 Å². The van der Waals surface area contributed by atoms with Gasteiger partial charge in [-0.25, -0.2) is 0 Å². The van der Waals surface area contributed by atoms with Crippen LogP contribution in [-0.4, -0.2) is 41.9 Å². The number of carbonyl (C=O) groups is 1. The van der Waals surface area contributed by atoms with Gasteiger partial charge in [0, 0.05) is 24.6 Å². The second kappa shape index (κ2) is 5.97. The lowest BCUT2D eigenvalue weighted by molar-refractivity contribution is -0.136. The average Bonchev–Trinajstić information content (AvgIpc) is 3.02. The van der Waals surface area contributed by atoms with E-state index in [1.807, 2.05) is 17.8 Å². The van der Waals surface area contributed by atoms with Crippen LogP contribution in [0, 0.1) is 5.92 Å². The van der Waals surface area contributed by atoms with Gasteiger partial charge < -0.3 is 10.2 Å². The number of rotatable bonds is 2. The fraction of sp³-hybridized carbons (Fsp3) is 0.533. The Balaban J connectivity index is 1.79. The summed E-state index contributed by atoms with van der Waals surface area (Å²) in [4.78, 5) is 14.8. The molecular formula is C15H20N2OS. The molecule has 4 heteroatoms. The maximum atomic E-state index is 12.7. The van der Waals surface area contributed by atoms with Gasteiger partial charge in [0.15, 0.2) is 0 Å². The summed E-state index contributed by atoms with van der Waals surface area (Å²) in [5.74, 6) is 2.62. The SMILES string of the molecule is O=C(C1CCNC1)N1CCSCC1c1ccccc1. The lowest BCUT2D eigenvalue weighted by Crippen LogP contribution is -2.44. The minimum Gasteiger partial charge on any atom is -0.334 e. The topological polar surface area (TPSA) is 32.3 Å². The Hall–Kier alpha value is -1.00. The van der Waals surface area contributed by atoms with E-state index >= 15 is 0 Å². The van der Waals surface area contributed by atoms with Crippen LogP contribution < -0.4 is 5.32 Å². The first-order chi connectivity index (χ1) is 9.36. The first-order valence-corrected chi connectivity index (χ1v) is 8.15. The van der Waals surface area contributed by atoms with Crippen molar-refractivity contribution < 1.29 is 4.79 Å². The van der Waals surface area contributed by atoms with Crippen LogP contribution in [0.25, 0.3) is 0 Å². The predicted molar refractivity (Wildman–Crippen MR) is 79.2 cm³/mol. The summed E-state index contributed by atoms with van der Waals surface area (Å²) >= 11 is 1.95. The van der Waals surface area contributed by atoms with E-state index in [4.69, 9.17) is 0 Å². The Morgan fingerprint density at radius 1 is 1.32 bits per heavy atom. The zero-order valence-electron chi connectivity index (χ0n) is 11.0. The zero-order valence-corrected chi connectivity index (χ0v) is 11.9. The Morgan fingerprint density at radius 3 is 2.89 bits per heavy atom. The molecule has 0 bridgehead atoms. The minimum absolute atomic E-state index is 0.189. The molecule has 1 aromatic rings. The second-order valence-electron chi connectivity index (χ2n) is 5.22. The predicted octanol–water partition coefficient (Wildman–Crippen LogP) is 1.91. The normalized spacial score (nSPS) is 27.5. The van der Waals surface area contributed by atoms with Gasteiger partial charge in [-0.3, -0.25) is 4.79 Å². The number of amides is 1. The second-order valence-corrected chi connectivity index (χ2v) is 6.37. The van der Waals surface area contributed by atoms with Gasteiger partial charge in [0.1, 0.15) is 0 Å². The molecule has 2 unspecified atom stereocenters. The molecule has 2 fully saturated rings. The molecule has 0 radical (unpaired) electrons. The third kappa shape index (κ3) is 2.79. The highest BCUT2D eigenvalue weighted by molar-refractivity contribution is 7.99. The fourth-order valence-electron chi connectivity index (χ4n) is 2.92. The van der Waals surface area contributed by atoms with Crippen molar-refractivity contribution in [1.82, 2.24) is 10.2 Å². The Morgan fingerprint density at radius 2 is 2.16 bits per heavy atom. The molecule has 0 aliphatic carbocycles. The molecule has 19 heavy (non-hydrogen) atoms. The molecule has 2 saturated heterocycles. The van der Waals surface area contributed by atoms with Gasteiger partial charge in [0.25, 0.3) is 0 Å². The number of nitrogens with zero attached hydrogens (tertiary/aromatic N) is 1. The van der Waals surface area contributed by atoms with Crippen LogP contribution in [0.4, 0.5) is 0 Å². The lowest BCUT2D eigenvalue weighted by Gasteiger charge is -2.37. The molecule has 2 heterocycles. The summed E-state index contributed by atoms with van der Waals surface area (Å²) < 4.78 is 0. The monoisotopic (exact) mass is 276 g/mol. The highest BCUT2D eigenvalue weighted by atomic mass is 32.2. The minimum atomic E-state index is 0.189. The highest BCUT2D eigenvalue weighted by Crippen LogP contribution is 2.31. The molecule has 2 atom stereocenters. The molecule has 3 rings (SSSR count). The summed E-state index contributed by atoms with van der Waals surface area (Å²) in [6, 6.07) is 10.7. The summed E-state index contributed by atoms with van der Waals surface area (Å²) in [5, 5.41) is 3.29. The molecule has 1 N–H and O–H groups in total. The van der Waals surface area contributed by atoms with E-state index in [9.17, 15) is 4.79 Å². The van der Waals surface area contributed by atoms with Gasteiger partial charge >= 0.3 is 0 Å². The number of hydrogen-bond donors (Lipinski definition) is 1. The van der Waals surface area contributed by atoms with Crippen LogP contribution in [-0.2, 0) is 4.79 Å². The number of thioether (sulfide) groups is 1. The average molecular weight is 276 g/mol. The van der Waals surface area contributed by atoms with E-state index in [2.05, 4.69) is 34.5 Å². The Kier molecular flexibility index (Phi) is 4.09. The first-order valence-electron chi connectivity index (χ1n) is 7.00. The quantitative estimate of drug-likeness (QED) is 0.895. The van der Waals surface area contributed by atoms with Gasteiger partial charge in [-0.1, -0.05) is 30.3 Å². The van der Waals surface area contributed by atoms with Crippen molar-refractivity contribution in [1.29, 1.82) is 0 Å². The van der Waals surface area contributed by atoms with Crippen LogP contribution in [0.15, 0.2) is 30.3 Å². The molecule has 0 aromatic heterocycles. The van der Waals surface area contributed by atoms with Crippen molar-refractivity contribution in [2.24, 2.45) is 5.92 Å². The van der Waals surface area contributed by atoms with Crippen LogP contribution >= 0.6 is 11.8 Å². The molecular weight excluding hydrogens is 256 g/mol. The lowest BCUT2D eigenvalue weighted by atomic mass is 10.0.